The first-order valence-electron chi connectivity index (χ1n) is 3.87. The van der Waals surface area contributed by atoms with Gasteiger partial charge in [0.1, 0.15) is 5.76 Å². The zero-order valence-corrected chi connectivity index (χ0v) is 7.83. The van der Waals surface area contributed by atoms with Crippen molar-refractivity contribution in [2.24, 2.45) is 5.73 Å². The minimum atomic E-state index is -0.506. The van der Waals surface area contributed by atoms with Gasteiger partial charge in [0.25, 0.3) is 0 Å². The van der Waals surface area contributed by atoms with Crippen LogP contribution in [0.1, 0.15) is 35.1 Å². The molecule has 0 saturated heterocycles. The van der Waals surface area contributed by atoms with Crippen LogP contribution in [0.25, 0.3) is 0 Å². The standard InChI is InChI=1S/C8H12N2O3/c1-4(9)7-10-6(5(2)13-7)8(11)12-3/h4H,9H2,1-3H3/t4-/m1/s1. The van der Waals surface area contributed by atoms with Crippen molar-refractivity contribution < 1.29 is 13.9 Å². The first-order valence-corrected chi connectivity index (χ1v) is 3.87. The topological polar surface area (TPSA) is 78.3 Å². The molecular formula is C8H12N2O3. The Morgan fingerprint density at radius 2 is 2.31 bits per heavy atom. The summed E-state index contributed by atoms with van der Waals surface area (Å²) in [5.74, 6) is 0.269. The second kappa shape index (κ2) is 3.57. The van der Waals surface area contributed by atoms with Crippen LogP contribution in [0.2, 0.25) is 0 Å². The third-order valence-electron chi connectivity index (χ3n) is 1.58. The van der Waals surface area contributed by atoms with Gasteiger partial charge < -0.3 is 14.9 Å². The smallest absolute Gasteiger partial charge is 0.360 e. The molecule has 5 heteroatoms. The second-order valence-electron chi connectivity index (χ2n) is 2.74. The number of oxazole rings is 1. The molecule has 0 bridgehead atoms. The number of carbonyl (C=O) groups excluding carboxylic acids is 1. The van der Waals surface area contributed by atoms with Crippen LogP contribution in [0.4, 0.5) is 0 Å². The Kier molecular flexibility index (Phi) is 2.67. The van der Waals surface area contributed by atoms with Gasteiger partial charge >= 0.3 is 5.97 Å². The van der Waals surface area contributed by atoms with E-state index in [1.807, 2.05) is 0 Å². The van der Waals surface area contributed by atoms with E-state index in [-0.39, 0.29) is 11.7 Å². The molecule has 13 heavy (non-hydrogen) atoms. The van der Waals surface area contributed by atoms with Crippen molar-refractivity contribution in [3.8, 4) is 0 Å². The quantitative estimate of drug-likeness (QED) is 0.687. The Morgan fingerprint density at radius 3 is 2.69 bits per heavy atom. The Morgan fingerprint density at radius 1 is 1.69 bits per heavy atom. The SMILES string of the molecule is COC(=O)c1nc([C@@H](C)N)oc1C. The maximum absolute atomic E-state index is 11.1. The first kappa shape index (κ1) is 9.73. The average molecular weight is 184 g/mol. The molecule has 0 amide bonds. The maximum atomic E-state index is 11.1. The van der Waals surface area contributed by atoms with Gasteiger partial charge in [-0.25, -0.2) is 9.78 Å². The van der Waals surface area contributed by atoms with Crippen LogP contribution >= 0.6 is 0 Å². The highest BCUT2D eigenvalue weighted by molar-refractivity contribution is 5.88. The number of nitrogens with zero attached hydrogens (tertiary/aromatic N) is 1. The molecule has 1 atom stereocenters. The predicted octanol–water partition coefficient (Wildman–Crippen LogP) is 0.789. The lowest BCUT2D eigenvalue weighted by Crippen LogP contribution is -2.07. The number of carbonyl (C=O) groups is 1. The zero-order valence-electron chi connectivity index (χ0n) is 7.83. The number of nitrogens with two attached hydrogens (primary N) is 1. The van der Waals surface area contributed by atoms with Gasteiger partial charge in [0, 0.05) is 0 Å². The number of hydrogen-bond donors (Lipinski definition) is 1. The molecule has 2 N–H and O–H groups in total. The number of ether oxygens (including phenoxy) is 1. The van der Waals surface area contributed by atoms with Crippen LogP contribution in [0.15, 0.2) is 4.42 Å². The van der Waals surface area contributed by atoms with Gasteiger partial charge in [0.2, 0.25) is 5.89 Å². The van der Waals surface area contributed by atoms with E-state index in [4.69, 9.17) is 10.2 Å². The van der Waals surface area contributed by atoms with Crippen LogP contribution in [-0.4, -0.2) is 18.1 Å². The fourth-order valence-corrected chi connectivity index (χ4v) is 0.898. The maximum Gasteiger partial charge on any atom is 0.360 e. The van der Waals surface area contributed by atoms with Gasteiger partial charge in [-0.05, 0) is 13.8 Å². The van der Waals surface area contributed by atoms with Gasteiger partial charge in [0.05, 0.1) is 13.2 Å². The second-order valence-corrected chi connectivity index (χ2v) is 2.74. The molecule has 0 spiro atoms. The van der Waals surface area contributed by atoms with E-state index in [0.29, 0.717) is 11.7 Å². The van der Waals surface area contributed by atoms with Crippen LogP contribution in [0.3, 0.4) is 0 Å². The van der Waals surface area contributed by atoms with E-state index in [1.165, 1.54) is 7.11 Å². The Labute approximate surface area is 75.9 Å². The molecule has 0 aliphatic rings. The molecule has 0 unspecified atom stereocenters. The van der Waals surface area contributed by atoms with Gasteiger partial charge in [-0.2, -0.15) is 0 Å². The molecule has 0 radical (unpaired) electrons. The minimum absolute atomic E-state index is 0.190. The molecular weight excluding hydrogens is 172 g/mol. The molecule has 5 nitrogen and oxygen atoms in total. The van der Waals surface area contributed by atoms with Crippen LogP contribution in [-0.2, 0) is 4.74 Å². The number of rotatable bonds is 2. The fraction of sp³-hybridized carbons (Fsp3) is 0.500. The average Bonchev–Trinajstić information content (AvgIpc) is 2.46. The molecule has 1 heterocycles. The van der Waals surface area contributed by atoms with Crippen LogP contribution < -0.4 is 5.73 Å². The Bertz CT molecular complexity index is 317. The first-order chi connectivity index (χ1) is 6.06. The third-order valence-corrected chi connectivity index (χ3v) is 1.58. The van der Waals surface area contributed by atoms with E-state index in [2.05, 4.69) is 9.72 Å². The number of aryl methyl sites for hydroxylation is 1. The summed E-state index contributed by atoms with van der Waals surface area (Å²) in [6, 6.07) is -0.322. The Balaban J connectivity index is 3.03. The summed E-state index contributed by atoms with van der Waals surface area (Å²) in [6.45, 7) is 3.37. The molecule has 0 saturated carbocycles. The van der Waals surface area contributed by atoms with Crippen LogP contribution in [0.5, 0.6) is 0 Å². The van der Waals surface area contributed by atoms with Crippen molar-refractivity contribution in [3.63, 3.8) is 0 Å². The molecule has 1 rings (SSSR count). The summed E-state index contributed by atoms with van der Waals surface area (Å²) in [6.07, 6.45) is 0. The van der Waals surface area contributed by atoms with Crippen molar-refractivity contribution in [2.75, 3.05) is 7.11 Å². The van der Waals surface area contributed by atoms with Crippen molar-refractivity contribution >= 4 is 5.97 Å². The Hall–Kier alpha value is -1.36. The summed E-state index contributed by atoms with van der Waals surface area (Å²) in [4.78, 5) is 15.0. The van der Waals surface area contributed by atoms with Crippen molar-refractivity contribution in [1.82, 2.24) is 4.98 Å². The molecule has 72 valence electrons. The zero-order chi connectivity index (χ0) is 10.0. The monoisotopic (exact) mass is 184 g/mol. The lowest BCUT2D eigenvalue weighted by atomic mass is 10.3. The van der Waals surface area contributed by atoms with Gasteiger partial charge in [-0.3, -0.25) is 0 Å². The summed E-state index contributed by atoms with van der Waals surface area (Å²) >= 11 is 0. The predicted molar refractivity (Wildman–Crippen MR) is 45.2 cm³/mol. The number of hydrogen-bond acceptors (Lipinski definition) is 5. The summed E-state index contributed by atoms with van der Waals surface area (Å²) in [7, 11) is 1.29. The van der Waals surface area contributed by atoms with Crippen molar-refractivity contribution in [3.05, 3.63) is 17.3 Å². The lowest BCUT2D eigenvalue weighted by molar-refractivity contribution is 0.0593. The number of esters is 1. The van der Waals surface area contributed by atoms with E-state index >= 15 is 0 Å². The van der Waals surface area contributed by atoms with Crippen LogP contribution in [0, 0.1) is 6.92 Å². The third kappa shape index (κ3) is 1.86. The van der Waals surface area contributed by atoms with Gasteiger partial charge in [-0.15, -0.1) is 0 Å². The van der Waals surface area contributed by atoms with Crippen molar-refractivity contribution in [1.29, 1.82) is 0 Å². The molecule has 1 aromatic heterocycles. The van der Waals surface area contributed by atoms with E-state index in [0.717, 1.165) is 0 Å². The molecule has 0 fully saturated rings. The van der Waals surface area contributed by atoms with Crippen molar-refractivity contribution in [2.45, 2.75) is 19.9 Å². The fourth-order valence-electron chi connectivity index (χ4n) is 0.898. The highest BCUT2D eigenvalue weighted by atomic mass is 16.5. The lowest BCUT2D eigenvalue weighted by Gasteiger charge is -1.94. The largest absolute Gasteiger partial charge is 0.464 e. The number of aromatic nitrogens is 1. The molecule has 0 aliphatic carbocycles. The highest BCUT2D eigenvalue weighted by Crippen LogP contribution is 2.15. The van der Waals surface area contributed by atoms with E-state index in [1.54, 1.807) is 13.8 Å². The van der Waals surface area contributed by atoms with Gasteiger partial charge in [-0.1, -0.05) is 0 Å². The summed E-state index contributed by atoms with van der Waals surface area (Å²) < 4.78 is 9.67. The normalized spacial score (nSPS) is 12.6. The van der Waals surface area contributed by atoms with Gasteiger partial charge in [0.15, 0.2) is 5.69 Å². The minimum Gasteiger partial charge on any atom is -0.464 e. The summed E-state index contributed by atoms with van der Waals surface area (Å²) in [5.41, 5.74) is 5.72. The summed E-state index contributed by atoms with van der Waals surface area (Å²) in [5, 5.41) is 0. The molecule has 0 aromatic carbocycles. The highest BCUT2D eigenvalue weighted by Gasteiger charge is 2.18. The molecule has 1 aromatic rings. The van der Waals surface area contributed by atoms with E-state index < -0.39 is 5.97 Å². The molecule has 0 aliphatic heterocycles. The number of methoxy groups -OCH3 is 1. The van der Waals surface area contributed by atoms with E-state index in [9.17, 15) is 4.79 Å².